The van der Waals surface area contributed by atoms with E-state index in [0.717, 1.165) is 60.6 Å². The highest BCUT2D eigenvalue weighted by Crippen LogP contribution is 2.44. The van der Waals surface area contributed by atoms with Crippen LogP contribution in [0.15, 0.2) is 127 Å². The summed E-state index contributed by atoms with van der Waals surface area (Å²) in [6.07, 6.45) is 0. The van der Waals surface area contributed by atoms with Crippen molar-refractivity contribution in [3.8, 4) is 22.4 Å². The fourth-order valence-electron chi connectivity index (χ4n) is 6.03. The SMILES string of the molecule is Fc1ccc2c(c1)c(-c1ccccc1)c(-c1ccccc1)n1c2nc2c3ccccc3c3ccccc3c21. The van der Waals surface area contributed by atoms with Gasteiger partial charge in [-0.1, -0.05) is 109 Å². The lowest BCUT2D eigenvalue weighted by molar-refractivity contribution is 0.630. The molecule has 0 N–H and O–H groups in total. The van der Waals surface area contributed by atoms with Crippen LogP contribution in [0.2, 0.25) is 0 Å². The largest absolute Gasteiger partial charge is 0.290 e. The molecule has 3 heteroatoms. The molecule has 2 aromatic heterocycles. The van der Waals surface area contributed by atoms with Crippen molar-refractivity contribution in [2.45, 2.75) is 0 Å². The van der Waals surface area contributed by atoms with Gasteiger partial charge in [-0.25, -0.2) is 9.37 Å². The molecule has 0 atom stereocenters. The van der Waals surface area contributed by atoms with E-state index >= 15 is 0 Å². The number of pyridine rings is 1. The lowest BCUT2D eigenvalue weighted by atomic mass is 9.93. The van der Waals surface area contributed by atoms with E-state index in [1.54, 1.807) is 6.07 Å². The highest BCUT2D eigenvalue weighted by atomic mass is 19.1. The molecule has 0 aliphatic heterocycles. The molecular weight excluding hydrogens is 467 g/mol. The summed E-state index contributed by atoms with van der Waals surface area (Å²) in [4.78, 5) is 5.31. The number of fused-ring (bicyclic) bond motifs is 10. The fourth-order valence-corrected chi connectivity index (χ4v) is 6.03. The zero-order valence-electron chi connectivity index (χ0n) is 20.4. The first-order valence-electron chi connectivity index (χ1n) is 12.8. The minimum absolute atomic E-state index is 0.259. The van der Waals surface area contributed by atoms with Crippen molar-refractivity contribution in [3.63, 3.8) is 0 Å². The van der Waals surface area contributed by atoms with Gasteiger partial charge in [-0.2, -0.15) is 0 Å². The second-order valence-electron chi connectivity index (χ2n) is 9.70. The third kappa shape index (κ3) is 2.90. The summed E-state index contributed by atoms with van der Waals surface area (Å²) in [6, 6.07) is 42.8. The number of hydrogen-bond acceptors (Lipinski definition) is 1. The average molecular weight is 489 g/mol. The predicted octanol–water partition coefficient (Wildman–Crippen LogP) is 9.42. The Hall–Kier alpha value is -5.02. The van der Waals surface area contributed by atoms with E-state index in [1.165, 1.54) is 16.8 Å². The van der Waals surface area contributed by atoms with Crippen molar-refractivity contribution in [1.29, 1.82) is 0 Å². The molecule has 0 aliphatic carbocycles. The molecule has 0 aliphatic rings. The third-order valence-corrected chi connectivity index (χ3v) is 7.59. The number of rotatable bonds is 2. The lowest BCUT2D eigenvalue weighted by Gasteiger charge is -2.18. The van der Waals surface area contributed by atoms with Gasteiger partial charge in [0.15, 0.2) is 0 Å². The van der Waals surface area contributed by atoms with Crippen molar-refractivity contribution < 1.29 is 4.39 Å². The van der Waals surface area contributed by atoms with E-state index in [4.69, 9.17) is 4.98 Å². The van der Waals surface area contributed by atoms with Crippen molar-refractivity contribution in [2.75, 3.05) is 0 Å². The molecule has 0 saturated heterocycles. The topological polar surface area (TPSA) is 17.3 Å². The van der Waals surface area contributed by atoms with Crippen molar-refractivity contribution in [3.05, 3.63) is 133 Å². The smallest absolute Gasteiger partial charge is 0.146 e. The van der Waals surface area contributed by atoms with Gasteiger partial charge in [0, 0.05) is 21.7 Å². The molecule has 0 saturated carbocycles. The quantitative estimate of drug-likeness (QED) is 0.222. The van der Waals surface area contributed by atoms with Gasteiger partial charge in [-0.15, -0.1) is 0 Å². The number of benzene rings is 6. The fraction of sp³-hybridized carbons (Fsp3) is 0. The second-order valence-corrected chi connectivity index (χ2v) is 9.70. The molecule has 0 amide bonds. The molecule has 38 heavy (non-hydrogen) atoms. The van der Waals surface area contributed by atoms with Crippen molar-refractivity contribution in [1.82, 2.24) is 9.38 Å². The van der Waals surface area contributed by atoms with E-state index in [9.17, 15) is 4.39 Å². The van der Waals surface area contributed by atoms with E-state index in [-0.39, 0.29) is 5.82 Å². The summed E-state index contributed by atoms with van der Waals surface area (Å²) < 4.78 is 17.2. The van der Waals surface area contributed by atoms with Crippen LogP contribution in [-0.2, 0) is 0 Å². The number of halogens is 1. The summed E-state index contributed by atoms with van der Waals surface area (Å²) in [5.41, 5.74) is 6.94. The molecule has 8 rings (SSSR count). The maximum atomic E-state index is 14.9. The lowest BCUT2D eigenvalue weighted by Crippen LogP contribution is -1.99. The van der Waals surface area contributed by atoms with E-state index < -0.39 is 0 Å². The zero-order valence-corrected chi connectivity index (χ0v) is 20.4. The van der Waals surface area contributed by atoms with Gasteiger partial charge in [0.2, 0.25) is 0 Å². The van der Waals surface area contributed by atoms with Crippen LogP contribution in [0.25, 0.3) is 71.4 Å². The standard InChI is InChI=1S/C35H21FN2/c36-24-19-20-29-30(21-24)31(22-11-3-1-4-12-22)33(23-13-5-2-6-14-23)38-34-28-18-10-8-16-26(28)25-15-7-9-17-27(25)32(34)37-35(29)38/h1-21H. The van der Waals surface area contributed by atoms with Gasteiger partial charge in [-0.3, -0.25) is 4.40 Å². The van der Waals surface area contributed by atoms with E-state index in [1.807, 2.05) is 30.3 Å². The molecule has 6 aromatic carbocycles. The molecule has 0 radical (unpaired) electrons. The minimum Gasteiger partial charge on any atom is -0.290 e. The van der Waals surface area contributed by atoms with Crippen LogP contribution < -0.4 is 0 Å². The van der Waals surface area contributed by atoms with Gasteiger partial charge >= 0.3 is 0 Å². The average Bonchev–Trinajstić information content (AvgIpc) is 3.38. The maximum Gasteiger partial charge on any atom is 0.146 e. The van der Waals surface area contributed by atoms with Crippen LogP contribution in [-0.4, -0.2) is 9.38 Å². The Bertz CT molecular complexity index is 2180. The maximum absolute atomic E-state index is 14.9. The van der Waals surface area contributed by atoms with Crippen LogP contribution in [0.5, 0.6) is 0 Å². The normalized spacial score (nSPS) is 11.8. The van der Waals surface area contributed by atoms with Crippen molar-refractivity contribution >= 4 is 49.0 Å². The van der Waals surface area contributed by atoms with Crippen LogP contribution in [0.4, 0.5) is 4.39 Å². The molecule has 8 aromatic rings. The number of hydrogen-bond donors (Lipinski definition) is 0. The zero-order chi connectivity index (χ0) is 25.2. The first kappa shape index (κ1) is 21.1. The molecular formula is C35H21FN2. The number of aromatic nitrogens is 2. The Morgan fingerprint density at radius 2 is 1.08 bits per heavy atom. The second kappa shape index (κ2) is 7.99. The van der Waals surface area contributed by atoms with Crippen LogP contribution in [0.3, 0.4) is 0 Å². The van der Waals surface area contributed by atoms with Gasteiger partial charge in [-0.05, 0) is 45.5 Å². The van der Waals surface area contributed by atoms with Crippen LogP contribution in [0, 0.1) is 5.82 Å². The Morgan fingerprint density at radius 1 is 0.500 bits per heavy atom. The van der Waals surface area contributed by atoms with Crippen molar-refractivity contribution in [2.24, 2.45) is 0 Å². The Balaban J connectivity index is 1.75. The molecule has 0 fully saturated rings. The summed E-state index contributed by atoms with van der Waals surface area (Å²) in [7, 11) is 0. The predicted molar refractivity (Wildman–Crippen MR) is 156 cm³/mol. The third-order valence-electron chi connectivity index (χ3n) is 7.59. The molecule has 0 bridgehead atoms. The minimum atomic E-state index is -0.259. The molecule has 0 unspecified atom stereocenters. The number of imidazole rings is 1. The highest BCUT2D eigenvalue weighted by molar-refractivity contribution is 6.25. The van der Waals surface area contributed by atoms with Gasteiger partial charge < -0.3 is 0 Å². The van der Waals surface area contributed by atoms with Gasteiger partial charge in [0.1, 0.15) is 11.5 Å². The Labute approximate surface area is 218 Å². The first-order valence-corrected chi connectivity index (χ1v) is 12.8. The van der Waals surface area contributed by atoms with Gasteiger partial charge in [0.25, 0.3) is 0 Å². The van der Waals surface area contributed by atoms with E-state index in [2.05, 4.69) is 89.3 Å². The van der Waals surface area contributed by atoms with Crippen LogP contribution >= 0.6 is 0 Å². The Morgan fingerprint density at radius 3 is 1.79 bits per heavy atom. The highest BCUT2D eigenvalue weighted by Gasteiger charge is 2.23. The molecule has 2 nitrogen and oxygen atoms in total. The summed E-state index contributed by atoms with van der Waals surface area (Å²) >= 11 is 0. The van der Waals surface area contributed by atoms with Gasteiger partial charge in [0.05, 0.1) is 16.7 Å². The first-order chi connectivity index (χ1) is 18.8. The molecule has 0 spiro atoms. The summed E-state index contributed by atoms with van der Waals surface area (Å²) in [6.45, 7) is 0. The summed E-state index contributed by atoms with van der Waals surface area (Å²) in [5.74, 6) is -0.259. The molecule has 2 heterocycles. The number of nitrogens with zero attached hydrogens (tertiary/aromatic N) is 2. The molecule has 178 valence electrons. The van der Waals surface area contributed by atoms with E-state index in [0.29, 0.717) is 0 Å². The monoisotopic (exact) mass is 488 g/mol. The Kier molecular flexibility index (Phi) is 4.44. The van der Waals surface area contributed by atoms with Crippen LogP contribution in [0.1, 0.15) is 0 Å². The summed E-state index contributed by atoms with van der Waals surface area (Å²) in [5, 5.41) is 6.41.